The molecule has 0 saturated carbocycles. The third kappa shape index (κ3) is 3.00. The van der Waals surface area contributed by atoms with E-state index in [1.54, 1.807) is 0 Å². The molecule has 0 aliphatic carbocycles. The topological polar surface area (TPSA) is 72.2 Å². The third-order valence-electron chi connectivity index (χ3n) is 2.94. The predicted octanol–water partition coefficient (Wildman–Crippen LogP) is 2.51. The van der Waals surface area contributed by atoms with E-state index >= 15 is 0 Å². The van der Waals surface area contributed by atoms with E-state index in [1.807, 2.05) is 18.4 Å². The van der Waals surface area contributed by atoms with Crippen LogP contribution in [0.1, 0.15) is 17.4 Å². The maximum absolute atomic E-state index is 13.3. The van der Waals surface area contributed by atoms with Gasteiger partial charge < -0.3 is 5.73 Å². The van der Waals surface area contributed by atoms with Gasteiger partial charge in [-0.3, -0.25) is 0 Å². The fourth-order valence-corrected chi connectivity index (χ4v) is 3.97. The molecule has 0 aliphatic heterocycles. The van der Waals surface area contributed by atoms with Gasteiger partial charge in [-0.25, -0.2) is 17.5 Å². The summed E-state index contributed by atoms with van der Waals surface area (Å²) >= 11 is 1.49. The molecule has 0 radical (unpaired) electrons. The molecule has 1 heterocycles. The largest absolute Gasteiger partial charge is 0.395 e. The lowest BCUT2D eigenvalue weighted by atomic mass is 10.2. The number of rotatable bonds is 5. The van der Waals surface area contributed by atoms with Crippen molar-refractivity contribution in [2.75, 3.05) is 5.73 Å². The van der Waals surface area contributed by atoms with Gasteiger partial charge in [0.2, 0.25) is 10.0 Å². The van der Waals surface area contributed by atoms with E-state index in [-0.39, 0.29) is 17.1 Å². The van der Waals surface area contributed by atoms with Gasteiger partial charge in [0.15, 0.2) is 0 Å². The van der Waals surface area contributed by atoms with Crippen molar-refractivity contribution in [3.8, 4) is 0 Å². The highest BCUT2D eigenvalue weighted by Gasteiger charge is 2.19. The Hall–Kier alpha value is -1.44. The van der Waals surface area contributed by atoms with Gasteiger partial charge in [-0.15, -0.1) is 11.3 Å². The molecule has 1 aromatic carbocycles. The highest BCUT2D eigenvalue weighted by Crippen LogP contribution is 2.22. The average Bonchev–Trinajstić information content (AvgIpc) is 2.87. The van der Waals surface area contributed by atoms with E-state index in [9.17, 15) is 12.8 Å². The van der Waals surface area contributed by atoms with Gasteiger partial charge in [-0.05, 0) is 35.6 Å². The molecule has 2 aromatic rings. The monoisotopic (exact) mass is 314 g/mol. The number of thiophene rings is 1. The molecule has 20 heavy (non-hydrogen) atoms. The van der Waals surface area contributed by atoms with Gasteiger partial charge in [0.25, 0.3) is 0 Å². The van der Waals surface area contributed by atoms with Crippen molar-refractivity contribution in [1.82, 2.24) is 4.72 Å². The number of hydrogen-bond donors (Lipinski definition) is 2. The van der Waals surface area contributed by atoms with E-state index < -0.39 is 15.8 Å². The fourth-order valence-electron chi connectivity index (χ4n) is 1.83. The number of aryl methyl sites for hydroxylation is 1. The number of sulfonamides is 1. The van der Waals surface area contributed by atoms with Crippen molar-refractivity contribution in [2.24, 2.45) is 0 Å². The first-order chi connectivity index (χ1) is 9.45. The molecule has 4 nitrogen and oxygen atoms in total. The summed E-state index contributed by atoms with van der Waals surface area (Å²) in [6, 6.07) is 5.70. The lowest BCUT2D eigenvalue weighted by Crippen LogP contribution is -2.24. The molecular formula is C13H15FN2O2S2. The van der Waals surface area contributed by atoms with Gasteiger partial charge in [-0.1, -0.05) is 13.0 Å². The number of halogens is 1. The van der Waals surface area contributed by atoms with Crippen LogP contribution >= 0.6 is 11.3 Å². The summed E-state index contributed by atoms with van der Waals surface area (Å²) in [6.07, 6.45) is 0.836. The van der Waals surface area contributed by atoms with Crippen LogP contribution in [-0.4, -0.2) is 8.42 Å². The van der Waals surface area contributed by atoms with Gasteiger partial charge in [-0.2, -0.15) is 0 Å². The summed E-state index contributed by atoms with van der Waals surface area (Å²) in [6.45, 7) is 2.18. The van der Waals surface area contributed by atoms with Crippen LogP contribution in [0.5, 0.6) is 0 Å². The second kappa shape index (κ2) is 5.90. The van der Waals surface area contributed by atoms with Gasteiger partial charge in [0.05, 0.1) is 5.69 Å². The zero-order chi connectivity index (χ0) is 14.8. The van der Waals surface area contributed by atoms with Crippen LogP contribution in [0.25, 0.3) is 0 Å². The standard InChI is InChI=1S/C13H15FN2O2S2/c1-2-9-6-7-19-11(9)8-16-20(17,18)12-5-3-4-10(14)13(12)15/h3-7,16H,2,8,15H2,1H3. The molecule has 108 valence electrons. The lowest BCUT2D eigenvalue weighted by molar-refractivity contribution is 0.579. The molecular weight excluding hydrogens is 299 g/mol. The number of anilines is 1. The summed E-state index contributed by atoms with van der Waals surface area (Å²) in [7, 11) is -3.82. The molecule has 0 bridgehead atoms. The molecule has 0 fully saturated rings. The summed E-state index contributed by atoms with van der Waals surface area (Å²) in [5.41, 5.74) is 6.22. The highest BCUT2D eigenvalue weighted by molar-refractivity contribution is 7.89. The maximum atomic E-state index is 13.3. The smallest absolute Gasteiger partial charge is 0.243 e. The first-order valence-electron chi connectivity index (χ1n) is 6.04. The Bertz CT molecular complexity index is 711. The lowest BCUT2D eigenvalue weighted by Gasteiger charge is -2.09. The van der Waals surface area contributed by atoms with Crippen LogP contribution in [-0.2, 0) is 23.0 Å². The normalized spacial score (nSPS) is 11.7. The van der Waals surface area contributed by atoms with Crippen LogP contribution in [0.4, 0.5) is 10.1 Å². The third-order valence-corrected chi connectivity index (χ3v) is 5.37. The Labute approximate surface area is 121 Å². The van der Waals surface area contributed by atoms with Gasteiger partial charge in [0, 0.05) is 11.4 Å². The molecule has 0 unspecified atom stereocenters. The minimum absolute atomic E-state index is 0.180. The van der Waals surface area contributed by atoms with Crippen molar-refractivity contribution in [3.05, 3.63) is 45.9 Å². The molecule has 7 heteroatoms. The Kier molecular flexibility index (Phi) is 4.42. The van der Waals surface area contributed by atoms with E-state index in [1.165, 1.54) is 23.5 Å². The minimum Gasteiger partial charge on any atom is -0.395 e. The Balaban J connectivity index is 2.22. The molecule has 3 N–H and O–H groups in total. The summed E-state index contributed by atoms with van der Waals surface area (Å²) in [5.74, 6) is -0.738. The van der Waals surface area contributed by atoms with Crippen molar-refractivity contribution in [2.45, 2.75) is 24.8 Å². The molecule has 0 atom stereocenters. The summed E-state index contributed by atoms with van der Waals surface area (Å²) < 4.78 is 40.1. The number of nitrogens with one attached hydrogen (secondary N) is 1. The van der Waals surface area contributed by atoms with E-state index in [2.05, 4.69) is 4.72 Å². The molecule has 0 amide bonds. The Morgan fingerprint density at radius 1 is 1.35 bits per heavy atom. The molecule has 0 spiro atoms. The van der Waals surface area contributed by atoms with Crippen LogP contribution < -0.4 is 10.5 Å². The summed E-state index contributed by atoms with van der Waals surface area (Å²) in [4.78, 5) is 0.721. The van der Waals surface area contributed by atoms with Crippen LogP contribution in [0.15, 0.2) is 34.5 Å². The number of hydrogen-bond acceptors (Lipinski definition) is 4. The summed E-state index contributed by atoms with van der Waals surface area (Å²) in [5, 5.41) is 1.92. The van der Waals surface area contributed by atoms with Crippen molar-refractivity contribution in [1.29, 1.82) is 0 Å². The Morgan fingerprint density at radius 2 is 2.10 bits per heavy atom. The first-order valence-corrected chi connectivity index (χ1v) is 8.41. The first kappa shape index (κ1) is 15.0. The zero-order valence-electron chi connectivity index (χ0n) is 10.9. The van der Waals surface area contributed by atoms with Gasteiger partial charge >= 0.3 is 0 Å². The fraction of sp³-hybridized carbons (Fsp3) is 0.231. The van der Waals surface area contributed by atoms with E-state index in [0.717, 1.165) is 22.9 Å². The van der Waals surface area contributed by atoms with Crippen molar-refractivity contribution in [3.63, 3.8) is 0 Å². The zero-order valence-corrected chi connectivity index (χ0v) is 12.5. The quantitative estimate of drug-likeness (QED) is 0.833. The minimum atomic E-state index is -3.82. The van der Waals surface area contributed by atoms with Crippen LogP contribution in [0.2, 0.25) is 0 Å². The van der Waals surface area contributed by atoms with E-state index in [0.29, 0.717) is 0 Å². The molecule has 2 rings (SSSR count). The Morgan fingerprint density at radius 3 is 2.80 bits per heavy atom. The number of benzene rings is 1. The van der Waals surface area contributed by atoms with Crippen molar-refractivity contribution >= 4 is 27.0 Å². The number of para-hydroxylation sites is 1. The second-order valence-electron chi connectivity index (χ2n) is 4.20. The number of nitrogen functional groups attached to an aromatic ring is 1. The van der Waals surface area contributed by atoms with Crippen LogP contribution in [0.3, 0.4) is 0 Å². The van der Waals surface area contributed by atoms with Crippen LogP contribution in [0, 0.1) is 5.82 Å². The molecule has 0 aliphatic rings. The highest BCUT2D eigenvalue weighted by atomic mass is 32.2. The molecule has 0 saturated heterocycles. The number of nitrogens with two attached hydrogens (primary N) is 1. The second-order valence-corrected chi connectivity index (χ2v) is 6.93. The van der Waals surface area contributed by atoms with Gasteiger partial charge in [0.1, 0.15) is 10.7 Å². The van der Waals surface area contributed by atoms with Crippen molar-refractivity contribution < 1.29 is 12.8 Å². The SMILES string of the molecule is CCc1ccsc1CNS(=O)(=O)c1cccc(F)c1N. The van der Waals surface area contributed by atoms with E-state index in [4.69, 9.17) is 5.73 Å². The predicted molar refractivity (Wildman–Crippen MR) is 78.5 cm³/mol. The maximum Gasteiger partial charge on any atom is 0.243 e. The molecule has 1 aromatic heterocycles. The average molecular weight is 314 g/mol.